The molecule has 0 aliphatic carbocycles. The number of anilines is 1. The van der Waals surface area contributed by atoms with Crippen molar-refractivity contribution in [1.82, 2.24) is 10.6 Å². The van der Waals surface area contributed by atoms with E-state index in [9.17, 15) is 0 Å². The molecule has 0 aliphatic rings. The maximum atomic E-state index is 4.26. The fourth-order valence-electron chi connectivity index (χ4n) is 1.90. The molecule has 0 amide bonds. The van der Waals surface area contributed by atoms with Crippen LogP contribution in [0.3, 0.4) is 0 Å². The van der Waals surface area contributed by atoms with E-state index in [2.05, 4.69) is 65.3 Å². The third kappa shape index (κ3) is 7.27. The van der Waals surface area contributed by atoms with Gasteiger partial charge in [0.25, 0.3) is 0 Å². The van der Waals surface area contributed by atoms with E-state index in [0.717, 1.165) is 30.5 Å². The van der Waals surface area contributed by atoms with E-state index in [-0.39, 0.29) is 0 Å². The molecule has 0 aliphatic heterocycles. The van der Waals surface area contributed by atoms with Crippen LogP contribution in [-0.4, -0.2) is 44.1 Å². The van der Waals surface area contributed by atoms with Gasteiger partial charge in [0, 0.05) is 37.6 Å². The van der Waals surface area contributed by atoms with Gasteiger partial charge in [0.05, 0.1) is 0 Å². The summed E-state index contributed by atoms with van der Waals surface area (Å²) in [6.07, 6.45) is 2.11. The zero-order valence-electron chi connectivity index (χ0n) is 13.5. The molecule has 118 valence electrons. The average Bonchev–Trinajstić information content (AvgIpc) is 2.50. The summed E-state index contributed by atoms with van der Waals surface area (Å²) in [6.45, 7) is 6.23. The molecule has 1 aromatic carbocycles. The quantitative estimate of drug-likeness (QED) is 0.392. The van der Waals surface area contributed by atoms with Crippen molar-refractivity contribution in [2.24, 2.45) is 10.9 Å². The molecule has 0 saturated heterocycles. The van der Waals surface area contributed by atoms with Crippen LogP contribution in [0.4, 0.5) is 5.69 Å². The van der Waals surface area contributed by atoms with Crippen LogP contribution in [0.1, 0.15) is 13.8 Å². The first-order chi connectivity index (χ1) is 10.2. The normalized spacial score (nSPS) is 13.1. The van der Waals surface area contributed by atoms with Crippen LogP contribution in [0.25, 0.3) is 0 Å². The van der Waals surface area contributed by atoms with Gasteiger partial charge < -0.3 is 16.0 Å². The zero-order valence-corrected chi connectivity index (χ0v) is 14.3. The molecule has 0 saturated carbocycles. The zero-order chi connectivity index (χ0) is 15.5. The standard InChI is InChI=1S/C16H28N4S/c1-13(2)15(20-14-8-6-5-7-9-14)12-19-16(17-3)18-10-11-21-4/h5-9,13,15,20H,10-12H2,1-4H3,(H2,17,18,19). The molecule has 0 aromatic heterocycles. The van der Waals surface area contributed by atoms with Gasteiger partial charge >= 0.3 is 0 Å². The number of benzene rings is 1. The van der Waals surface area contributed by atoms with Crippen molar-refractivity contribution in [3.63, 3.8) is 0 Å². The highest BCUT2D eigenvalue weighted by atomic mass is 32.2. The Kier molecular flexibility index (Phi) is 8.74. The summed E-state index contributed by atoms with van der Waals surface area (Å²) in [4.78, 5) is 4.26. The highest BCUT2D eigenvalue weighted by molar-refractivity contribution is 7.98. The summed E-state index contributed by atoms with van der Waals surface area (Å²) in [5, 5.41) is 10.3. The van der Waals surface area contributed by atoms with E-state index in [4.69, 9.17) is 0 Å². The minimum absolute atomic E-state index is 0.353. The van der Waals surface area contributed by atoms with Gasteiger partial charge in [-0.3, -0.25) is 4.99 Å². The highest BCUT2D eigenvalue weighted by Crippen LogP contribution is 2.11. The second kappa shape index (κ2) is 10.4. The van der Waals surface area contributed by atoms with Gasteiger partial charge in [0.15, 0.2) is 5.96 Å². The molecule has 21 heavy (non-hydrogen) atoms. The van der Waals surface area contributed by atoms with Crippen LogP contribution in [-0.2, 0) is 0 Å². The van der Waals surface area contributed by atoms with Gasteiger partial charge in [0.1, 0.15) is 0 Å². The van der Waals surface area contributed by atoms with Crippen molar-refractivity contribution in [2.45, 2.75) is 19.9 Å². The topological polar surface area (TPSA) is 48.5 Å². The van der Waals surface area contributed by atoms with Gasteiger partial charge in [-0.2, -0.15) is 11.8 Å². The largest absolute Gasteiger partial charge is 0.380 e. The van der Waals surface area contributed by atoms with Crippen LogP contribution >= 0.6 is 11.8 Å². The van der Waals surface area contributed by atoms with Crippen LogP contribution < -0.4 is 16.0 Å². The van der Waals surface area contributed by atoms with Gasteiger partial charge in [-0.15, -0.1) is 0 Å². The lowest BCUT2D eigenvalue weighted by atomic mass is 10.0. The smallest absolute Gasteiger partial charge is 0.191 e. The third-order valence-electron chi connectivity index (χ3n) is 3.24. The van der Waals surface area contributed by atoms with Gasteiger partial charge in [-0.05, 0) is 24.3 Å². The predicted molar refractivity (Wildman–Crippen MR) is 96.4 cm³/mol. The van der Waals surface area contributed by atoms with E-state index in [1.54, 1.807) is 0 Å². The summed E-state index contributed by atoms with van der Waals surface area (Å²) in [6, 6.07) is 10.7. The van der Waals surface area contributed by atoms with E-state index < -0.39 is 0 Å². The minimum Gasteiger partial charge on any atom is -0.380 e. The fourth-order valence-corrected chi connectivity index (χ4v) is 2.21. The van der Waals surface area contributed by atoms with E-state index in [1.807, 2.05) is 24.9 Å². The van der Waals surface area contributed by atoms with Gasteiger partial charge in [-0.1, -0.05) is 32.0 Å². The monoisotopic (exact) mass is 308 g/mol. The van der Waals surface area contributed by atoms with Crippen molar-refractivity contribution in [2.75, 3.05) is 37.5 Å². The van der Waals surface area contributed by atoms with E-state index in [0.29, 0.717) is 12.0 Å². The molecule has 0 spiro atoms. The first-order valence-corrected chi connectivity index (χ1v) is 8.81. The number of hydrogen-bond acceptors (Lipinski definition) is 3. The lowest BCUT2D eigenvalue weighted by Crippen LogP contribution is -2.45. The predicted octanol–water partition coefficient (Wildman–Crippen LogP) is 2.65. The van der Waals surface area contributed by atoms with E-state index >= 15 is 0 Å². The van der Waals surface area contributed by atoms with Gasteiger partial charge in [-0.25, -0.2) is 0 Å². The molecule has 0 radical (unpaired) electrons. The number of thioether (sulfide) groups is 1. The number of hydrogen-bond donors (Lipinski definition) is 3. The molecule has 1 aromatic rings. The summed E-state index contributed by atoms with van der Waals surface area (Å²) in [5.74, 6) is 2.47. The summed E-state index contributed by atoms with van der Waals surface area (Å²) in [7, 11) is 1.81. The number of guanidine groups is 1. The van der Waals surface area contributed by atoms with Crippen molar-refractivity contribution in [3.05, 3.63) is 30.3 Å². The first-order valence-electron chi connectivity index (χ1n) is 7.42. The molecule has 3 N–H and O–H groups in total. The Hall–Kier alpha value is -1.36. The Morgan fingerprint density at radius 3 is 2.48 bits per heavy atom. The van der Waals surface area contributed by atoms with Crippen LogP contribution in [0.5, 0.6) is 0 Å². The summed E-state index contributed by atoms with van der Waals surface area (Å²) in [5.41, 5.74) is 1.16. The van der Waals surface area contributed by atoms with Gasteiger partial charge in [0.2, 0.25) is 0 Å². The third-order valence-corrected chi connectivity index (χ3v) is 3.85. The average molecular weight is 308 g/mol. The Balaban J connectivity index is 2.47. The number of nitrogens with one attached hydrogen (secondary N) is 3. The highest BCUT2D eigenvalue weighted by Gasteiger charge is 2.13. The molecule has 0 heterocycles. The second-order valence-corrected chi connectivity index (χ2v) is 6.22. The second-order valence-electron chi connectivity index (χ2n) is 5.23. The molecular weight excluding hydrogens is 280 g/mol. The molecule has 0 bridgehead atoms. The summed E-state index contributed by atoms with van der Waals surface area (Å²) < 4.78 is 0. The fraction of sp³-hybridized carbons (Fsp3) is 0.562. The van der Waals surface area contributed by atoms with Crippen molar-refractivity contribution < 1.29 is 0 Å². The molecule has 4 nitrogen and oxygen atoms in total. The van der Waals surface area contributed by atoms with Crippen molar-refractivity contribution in [3.8, 4) is 0 Å². The number of aliphatic imine (C=N–C) groups is 1. The molecule has 5 heteroatoms. The van der Waals surface area contributed by atoms with Crippen molar-refractivity contribution in [1.29, 1.82) is 0 Å². The first kappa shape index (κ1) is 17.7. The SMILES string of the molecule is CN=C(NCCSC)NCC(Nc1ccccc1)C(C)C. The minimum atomic E-state index is 0.353. The molecule has 0 fully saturated rings. The number of para-hydroxylation sites is 1. The maximum absolute atomic E-state index is 4.26. The Morgan fingerprint density at radius 1 is 1.19 bits per heavy atom. The van der Waals surface area contributed by atoms with Crippen LogP contribution in [0.2, 0.25) is 0 Å². The number of rotatable bonds is 8. The lowest BCUT2D eigenvalue weighted by molar-refractivity contribution is 0.513. The van der Waals surface area contributed by atoms with Crippen molar-refractivity contribution >= 4 is 23.4 Å². The molecule has 1 atom stereocenters. The Labute approximate surface area is 133 Å². The number of nitrogens with zero attached hydrogens (tertiary/aromatic N) is 1. The molecule has 1 unspecified atom stereocenters. The van der Waals surface area contributed by atoms with E-state index in [1.165, 1.54) is 0 Å². The summed E-state index contributed by atoms with van der Waals surface area (Å²) >= 11 is 1.83. The Bertz CT molecular complexity index is 406. The maximum Gasteiger partial charge on any atom is 0.191 e. The van der Waals surface area contributed by atoms with Crippen LogP contribution in [0, 0.1) is 5.92 Å². The lowest BCUT2D eigenvalue weighted by Gasteiger charge is -2.25. The van der Waals surface area contributed by atoms with Crippen LogP contribution in [0.15, 0.2) is 35.3 Å². The molecular formula is C16H28N4S. The Morgan fingerprint density at radius 2 is 1.90 bits per heavy atom. The molecule has 1 rings (SSSR count).